The average Bonchev–Trinajstić information content (AvgIpc) is 2.91. The standard InChI is InChI=1S/C14H21NO3S/c16-10-11-6-7-15(9-13(11)17)14(18)5-1-3-12-4-2-8-19-12/h2,4,8,11,13,16-17H,1,3,5-7,9-10H2/t11-,13+/m1/s1. The first-order valence-corrected chi connectivity index (χ1v) is 7.67. The highest BCUT2D eigenvalue weighted by atomic mass is 32.1. The summed E-state index contributed by atoms with van der Waals surface area (Å²) in [7, 11) is 0. The highest BCUT2D eigenvalue weighted by molar-refractivity contribution is 7.09. The summed E-state index contributed by atoms with van der Waals surface area (Å²) < 4.78 is 0. The Kier molecular flexibility index (Phi) is 5.36. The van der Waals surface area contributed by atoms with Crippen molar-refractivity contribution in [1.29, 1.82) is 0 Å². The number of amides is 1. The number of aryl methyl sites for hydroxylation is 1. The molecule has 5 heteroatoms. The molecule has 1 aromatic rings. The third kappa shape index (κ3) is 4.03. The molecule has 0 spiro atoms. The van der Waals surface area contributed by atoms with Crippen LogP contribution in [0.25, 0.3) is 0 Å². The van der Waals surface area contributed by atoms with E-state index in [0.29, 0.717) is 25.9 Å². The van der Waals surface area contributed by atoms with E-state index in [1.54, 1.807) is 16.2 Å². The summed E-state index contributed by atoms with van der Waals surface area (Å²) in [6.45, 7) is 1.02. The van der Waals surface area contributed by atoms with E-state index in [9.17, 15) is 9.90 Å². The maximum absolute atomic E-state index is 12.0. The van der Waals surface area contributed by atoms with Crippen LogP contribution in [0.5, 0.6) is 0 Å². The first-order chi connectivity index (χ1) is 9.20. The zero-order valence-electron chi connectivity index (χ0n) is 11.0. The maximum Gasteiger partial charge on any atom is 0.222 e. The van der Waals surface area contributed by atoms with Crippen LogP contribution in [0.15, 0.2) is 17.5 Å². The quantitative estimate of drug-likeness (QED) is 0.855. The summed E-state index contributed by atoms with van der Waals surface area (Å²) >= 11 is 1.72. The van der Waals surface area contributed by atoms with Crippen molar-refractivity contribution in [2.75, 3.05) is 19.7 Å². The third-order valence-corrected chi connectivity index (χ3v) is 4.64. The van der Waals surface area contributed by atoms with Gasteiger partial charge in [-0.15, -0.1) is 11.3 Å². The molecule has 0 saturated carbocycles. The van der Waals surface area contributed by atoms with Crippen LogP contribution in [0.2, 0.25) is 0 Å². The summed E-state index contributed by atoms with van der Waals surface area (Å²) in [6.07, 6.45) is 2.44. The number of carbonyl (C=O) groups excluding carboxylic acids is 1. The summed E-state index contributed by atoms with van der Waals surface area (Å²) in [5.41, 5.74) is 0. The summed E-state index contributed by atoms with van der Waals surface area (Å²) in [5, 5.41) is 20.9. The maximum atomic E-state index is 12.0. The Labute approximate surface area is 117 Å². The number of thiophene rings is 1. The van der Waals surface area contributed by atoms with Crippen LogP contribution < -0.4 is 0 Å². The fourth-order valence-corrected chi connectivity index (χ4v) is 3.20. The predicted molar refractivity (Wildman–Crippen MR) is 75.0 cm³/mol. The Morgan fingerprint density at radius 3 is 3.00 bits per heavy atom. The van der Waals surface area contributed by atoms with Gasteiger partial charge >= 0.3 is 0 Å². The number of β-amino-alcohol motifs (C(OH)–C–C–N with tert-alkyl or cyclic N) is 1. The van der Waals surface area contributed by atoms with Crippen LogP contribution in [0.4, 0.5) is 0 Å². The molecule has 2 rings (SSSR count). The van der Waals surface area contributed by atoms with Crippen molar-refractivity contribution >= 4 is 17.2 Å². The van der Waals surface area contributed by atoms with Crippen LogP contribution in [-0.2, 0) is 11.2 Å². The highest BCUT2D eigenvalue weighted by Gasteiger charge is 2.29. The minimum absolute atomic E-state index is 0.00156. The minimum atomic E-state index is -0.583. The zero-order chi connectivity index (χ0) is 13.7. The molecule has 0 radical (unpaired) electrons. The number of hydrogen-bond acceptors (Lipinski definition) is 4. The van der Waals surface area contributed by atoms with E-state index < -0.39 is 6.10 Å². The third-order valence-electron chi connectivity index (χ3n) is 3.70. The van der Waals surface area contributed by atoms with E-state index >= 15 is 0 Å². The molecule has 1 saturated heterocycles. The van der Waals surface area contributed by atoms with Crippen molar-refractivity contribution in [3.63, 3.8) is 0 Å². The first-order valence-electron chi connectivity index (χ1n) is 6.79. The van der Waals surface area contributed by atoms with Crippen LogP contribution >= 0.6 is 11.3 Å². The molecule has 0 unspecified atom stereocenters. The predicted octanol–water partition coefficient (Wildman–Crippen LogP) is 1.27. The van der Waals surface area contributed by atoms with Gasteiger partial charge in [0.25, 0.3) is 0 Å². The molecular weight excluding hydrogens is 262 g/mol. The van der Waals surface area contributed by atoms with Gasteiger partial charge in [0.05, 0.1) is 6.10 Å². The van der Waals surface area contributed by atoms with Crippen molar-refractivity contribution < 1.29 is 15.0 Å². The fraction of sp³-hybridized carbons (Fsp3) is 0.643. The van der Waals surface area contributed by atoms with Crippen molar-refractivity contribution in [3.05, 3.63) is 22.4 Å². The molecule has 2 N–H and O–H groups in total. The van der Waals surface area contributed by atoms with E-state index in [-0.39, 0.29) is 18.4 Å². The number of carbonyl (C=O) groups is 1. The molecule has 4 nitrogen and oxygen atoms in total. The molecule has 2 atom stereocenters. The van der Waals surface area contributed by atoms with Gasteiger partial charge in [-0.1, -0.05) is 6.07 Å². The Morgan fingerprint density at radius 1 is 1.53 bits per heavy atom. The SMILES string of the molecule is O=C(CCCc1cccs1)N1CC[C@H](CO)[C@@H](O)C1. The van der Waals surface area contributed by atoms with Gasteiger partial charge in [0.1, 0.15) is 0 Å². The Bertz CT molecular complexity index is 393. The number of aliphatic hydroxyl groups excluding tert-OH is 2. The second-order valence-electron chi connectivity index (χ2n) is 5.07. The Balaban J connectivity index is 1.71. The van der Waals surface area contributed by atoms with Crippen molar-refractivity contribution in [3.8, 4) is 0 Å². The lowest BCUT2D eigenvalue weighted by Crippen LogP contribution is -2.47. The van der Waals surface area contributed by atoms with Gasteiger partial charge in [-0.3, -0.25) is 4.79 Å². The van der Waals surface area contributed by atoms with Crippen LogP contribution in [0.3, 0.4) is 0 Å². The van der Waals surface area contributed by atoms with Gasteiger partial charge < -0.3 is 15.1 Å². The van der Waals surface area contributed by atoms with Gasteiger partial charge in [0.15, 0.2) is 0 Å². The average molecular weight is 283 g/mol. The normalized spacial score (nSPS) is 23.6. The smallest absolute Gasteiger partial charge is 0.222 e. The van der Waals surface area contributed by atoms with Crippen LogP contribution in [-0.4, -0.2) is 46.8 Å². The van der Waals surface area contributed by atoms with Gasteiger partial charge in [0, 0.05) is 36.9 Å². The van der Waals surface area contributed by atoms with Crippen LogP contribution in [0, 0.1) is 5.92 Å². The molecular formula is C14H21NO3S. The highest BCUT2D eigenvalue weighted by Crippen LogP contribution is 2.19. The van der Waals surface area contributed by atoms with Gasteiger partial charge in [-0.05, 0) is 30.7 Å². The largest absolute Gasteiger partial charge is 0.396 e. The van der Waals surface area contributed by atoms with Gasteiger partial charge in [0.2, 0.25) is 5.91 Å². The van der Waals surface area contributed by atoms with Crippen molar-refractivity contribution in [2.24, 2.45) is 5.92 Å². The monoisotopic (exact) mass is 283 g/mol. The molecule has 1 amide bonds. The molecule has 0 aliphatic carbocycles. The van der Waals surface area contributed by atoms with E-state index in [1.807, 2.05) is 11.4 Å². The molecule has 2 heterocycles. The molecule has 19 heavy (non-hydrogen) atoms. The second-order valence-corrected chi connectivity index (χ2v) is 6.10. The van der Waals surface area contributed by atoms with E-state index in [4.69, 9.17) is 5.11 Å². The zero-order valence-corrected chi connectivity index (χ0v) is 11.8. The summed E-state index contributed by atoms with van der Waals surface area (Å²) in [6, 6.07) is 4.11. The first kappa shape index (κ1) is 14.5. The molecule has 1 fully saturated rings. The second kappa shape index (κ2) is 7.03. The fourth-order valence-electron chi connectivity index (χ4n) is 2.45. The van der Waals surface area contributed by atoms with Crippen LogP contribution in [0.1, 0.15) is 24.1 Å². The number of rotatable bonds is 5. The molecule has 1 aliphatic heterocycles. The van der Waals surface area contributed by atoms with E-state index in [1.165, 1.54) is 4.88 Å². The van der Waals surface area contributed by atoms with Crippen molar-refractivity contribution in [2.45, 2.75) is 31.8 Å². The van der Waals surface area contributed by atoms with E-state index in [2.05, 4.69) is 6.07 Å². The van der Waals surface area contributed by atoms with Gasteiger partial charge in [-0.25, -0.2) is 0 Å². The number of hydrogen-bond donors (Lipinski definition) is 2. The Morgan fingerprint density at radius 2 is 2.37 bits per heavy atom. The van der Waals surface area contributed by atoms with Gasteiger partial charge in [-0.2, -0.15) is 0 Å². The minimum Gasteiger partial charge on any atom is -0.396 e. The van der Waals surface area contributed by atoms with E-state index in [0.717, 1.165) is 12.8 Å². The number of nitrogens with zero attached hydrogens (tertiary/aromatic N) is 1. The molecule has 0 aromatic carbocycles. The van der Waals surface area contributed by atoms with Crippen molar-refractivity contribution in [1.82, 2.24) is 4.90 Å². The molecule has 1 aromatic heterocycles. The lowest BCUT2D eigenvalue weighted by Gasteiger charge is -2.35. The summed E-state index contributed by atoms with van der Waals surface area (Å²) in [5.74, 6) is 0.0437. The number of likely N-dealkylation sites (tertiary alicyclic amines) is 1. The lowest BCUT2D eigenvalue weighted by atomic mass is 9.94. The number of piperidine rings is 1. The topological polar surface area (TPSA) is 60.8 Å². The Hall–Kier alpha value is -0.910. The lowest BCUT2D eigenvalue weighted by molar-refractivity contribution is -0.136. The molecule has 1 aliphatic rings. The summed E-state index contributed by atoms with van der Waals surface area (Å²) in [4.78, 5) is 15.1. The number of aliphatic hydroxyl groups is 2. The molecule has 0 bridgehead atoms. The molecule has 106 valence electrons.